The molecule has 2 N–H and O–H groups in total. The van der Waals surface area contributed by atoms with Crippen molar-refractivity contribution in [2.24, 2.45) is 5.14 Å². The molecule has 130 valence electrons. The van der Waals surface area contributed by atoms with E-state index in [0.717, 1.165) is 12.1 Å². The number of benzene rings is 2. The van der Waals surface area contributed by atoms with Gasteiger partial charge in [-0.25, -0.2) is 26.4 Å². The number of hydrogen-bond acceptors (Lipinski definition) is 4. The maximum absolute atomic E-state index is 13.3. The molecule has 0 atom stereocenters. The first kappa shape index (κ1) is 18.5. The molecule has 0 heterocycles. The van der Waals surface area contributed by atoms with Crippen LogP contribution in [0.5, 0.6) is 0 Å². The van der Waals surface area contributed by atoms with Gasteiger partial charge in [-0.2, -0.15) is 4.31 Å². The SMILES string of the molecule is CCN(Cc1cccc(F)c1)S(=O)(=O)c1ccc(S(N)(=O)=O)cc1. The fraction of sp³-hybridized carbons (Fsp3) is 0.200. The number of nitrogens with two attached hydrogens (primary N) is 1. The second-order valence-electron chi connectivity index (χ2n) is 5.08. The molecule has 0 aliphatic rings. The summed E-state index contributed by atoms with van der Waals surface area (Å²) in [5.41, 5.74) is 0.515. The minimum Gasteiger partial charge on any atom is -0.225 e. The highest BCUT2D eigenvalue weighted by atomic mass is 32.2. The van der Waals surface area contributed by atoms with Gasteiger partial charge in [-0.1, -0.05) is 19.1 Å². The summed E-state index contributed by atoms with van der Waals surface area (Å²) in [6.07, 6.45) is 0. The van der Waals surface area contributed by atoms with E-state index in [0.29, 0.717) is 5.56 Å². The number of hydrogen-bond donors (Lipinski definition) is 1. The largest absolute Gasteiger partial charge is 0.243 e. The van der Waals surface area contributed by atoms with Crippen LogP contribution in [-0.2, 0) is 26.6 Å². The molecule has 0 aliphatic heterocycles. The lowest BCUT2D eigenvalue weighted by atomic mass is 10.2. The van der Waals surface area contributed by atoms with Crippen LogP contribution in [0.15, 0.2) is 58.3 Å². The van der Waals surface area contributed by atoms with E-state index in [9.17, 15) is 21.2 Å². The zero-order valence-electron chi connectivity index (χ0n) is 12.9. The first-order chi connectivity index (χ1) is 11.1. The molecule has 0 aromatic heterocycles. The maximum atomic E-state index is 13.3. The van der Waals surface area contributed by atoms with E-state index in [4.69, 9.17) is 5.14 Å². The fourth-order valence-corrected chi connectivity index (χ4v) is 4.11. The molecule has 0 saturated heterocycles. The van der Waals surface area contributed by atoms with Crippen molar-refractivity contribution in [3.8, 4) is 0 Å². The smallest absolute Gasteiger partial charge is 0.225 e. The molecule has 0 radical (unpaired) electrons. The number of primary sulfonamides is 1. The molecule has 0 amide bonds. The summed E-state index contributed by atoms with van der Waals surface area (Å²) < 4.78 is 62.2. The molecule has 0 bridgehead atoms. The summed E-state index contributed by atoms with van der Waals surface area (Å²) in [5, 5.41) is 5.00. The third-order valence-corrected chi connectivity index (χ3v) is 6.25. The third kappa shape index (κ3) is 4.18. The van der Waals surface area contributed by atoms with E-state index in [-0.39, 0.29) is 22.9 Å². The van der Waals surface area contributed by atoms with Crippen LogP contribution >= 0.6 is 0 Å². The van der Waals surface area contributed by atoms with E-state index < -0.39 is 25.9 Å². The summed E-state index contributed by atoms with van der Waals surface area (Å²) >= 11 is 0. The number of halogens is 1. The molecule has 2 rings (SSSR count). The molecule has 0 unspecified atom stereocenters. The van der Waals surface area contributed by atoms with Crippen molar-refractivity contribution >= 4 is 20.0 Å². The zero-order chi connectivity index (χ0) is 18.0. The van der Waals surface area contributed by atoms with Gasteiger partial charge in [-0.3, -0.25) is 0 Å². The van der Waals surface area contributed by atoms with Gasteiger partial charge >= 0.3 is 0 Å². The Bertz CT molecular complexity index is 926. The number of rotatable bonds is 6. The second-order valence-corrected chi connectivity index (χ2v) is 8.58. The Morgan fingerprint density at radius 3 is 2.08 bits per heavy atom. The summed E-state index contributed by atoms with van der Waals surface area (Å²) in [5.74, 6) is -0.446. The average molecular weight is 372 g/mol. The summed E-state index contributed by atoms with van der Waals surface area (Å²) in [4.78, 5) is -0.234. The average Bonchev–Trinajstić information content (AvgIpc) is 2.52. The van der Waals surface area contributed by atoms with Crippen molar-refractivity contribution in [2.45, 2.75) is 23.3 Å². The topological polar surface area (TPSA) is 97.5 Å². The Morgan fingerprint density at radius 2 is 1.58 bits per heavy atom. The Morgan fingerprint density at radius 1 is 1.00 bits per heavy atom. The normalized spacial score (nSPS) is 12.5. The van der Waals surface area contributed by atoms with E-state index in [1.165, 1.54) is 34.6 Å². The minimum absolute atomic E-state index is 0.00747. The Hall–Kier alpha value is -1.81. The van der Waals surface area contributed by atoms with Crippen LogP contribution in [0.3, 0.4) is 0 Å². The second kappa shape index (κ2) is 6.98. The first-order valence-corrected chi connectivity index (χ1v) is 10.0. The van der Waals surface area contributed by atoms with Gasteiger partial charge in [0.2, 0.25) is 20.0 Å². The highest BCUT2D eigenvalue weighted by Crippen LogP contribution is 2.20. The van der Waals surface area contributed by atoms with E-state index >= 15 is 0 Å². The van der Waals surface area contributed by atoms with Gasteiger partial charge < -0.3 is 0 Å². The first-order valence-electron chi connectivity index (χ1n) is 7.02. The van der Waals surface area contributed by atoms with Gasteiger partial charge in [-0.05, 0) is 42.0 Å². The molecule has 24 heavy (non-hydrogen) atoms. The highest BCUT2D eigenvalue weighted by Gasteiger charge is 2.24. The van der Waals surface area contributed by atoms with Crippen molar-refractivity contribution in [1.82, 2.24) is 4.31 Å². The van der Waals surface area contributed by atoms with Crippen molar-refractivity contribution in [1.29, 1.82) is 0 Å². The summed E-state index contributed by atoms with van der Waals surface area (Å²) in [6.45, 7) is 1.85. The molecule has 6 nitrogen and oxygen atoms in total. The minimum atomic E-state index is -3.89. The highest BCUT2D eigenvalue weighted by molar-refractivity contribution is 7.89. The van der Waals surface area contributed by atoms with Crippen LogP contribution < -0.4 is 5.14 Å². The van der Waals surface area contributed by atoms with Crippen LogP contribution in [0, 0.1) is 5.82 Å². The predicted molar refractivity (Wildman–Crippen MR) is 87.5 cm³/mol. The number of nitrogens with zero attached hydrogens (tertiary/aromatic N) is 1. The number of sulfonamides is 2. The quantitative estimate of drug-likeness (QED) is 0.834. The molecular weight excluding hydrogens is 355 g/mol. The lowest BCUT2D eigenvalue weighted by Crippen LogP contribution is -2.30. The maximum Gasteiger partial charge on any atom is 0.243 e. The standard InChI is InChI=1S/C15H17FN2O4S2/c1-2-18(11-12-4-3-5-13(16)10-12)24(21,22)15-8-6-14(7-9-15)23(17,19)20/h3-10H,2,11H2,1H3,(H2,17,19,20). The third-order valence-electron chi connectivity index (χ3n) is 3.39. The molecule has 0 saturated carbocycles. The van der Waals surface area contributed by atoms with Gasteiger partial charge in [-0.15, -0.1) is 0 Å². The van der Waals surface area contributed by atoms with Crippen LogP contribution in [0.2, 0.25) is 0 Å². The van der Waals surface area contributed by atoms with Crippen LogP contribution in [-0.4, -0.2) is 27.7 Å². The summed E-state index contributed by atoms with van der Waals surface area (Å²) in [7, 11) is -7.74. The van der Waals surface area contributed by atoms with Crippen molar-refractivity contribution in [3.63, 3.8) is 0 Å². The Balaban J connectivity index is 2.33. The monoisotopic (exact) mass is 372 g/mol. The summed E-state index contributed by atoms with van der Waals surface area (Å²) in [6, 6.07) is 10.3. The fourth-order valence-electron chi connectivity index (χ4n) is 2.16. The van der Waals surface area contributed by atoms with E-state index in [1.807, 2.05) is 0 Å². The van der Waals surface area contributed by atoms with Gasteiger partial charge in [0.1, 0.15) is 5.82 Å². The van der Waals surface area contributed by atoms with Crippen molar-refractivity contribution in [2.75, 3.05) is 6.54 Å². The molecule has 2 aromatic rings. The Kier molecular flexibility index (Phi) is 5.38. The lowest BCUT2D eigenvalue weighted by molar-refractivity contribution is 0.422. The van der Waals surface area contributed by atoms with E-state index in [2.05, 4.69) is 0 Å². The zero-order valence-corrected chi connectivity index (χ0v) is 14.5. The Labute approximate surface area is 140 Å². The van der Waals surface area contributed by atoms with E-state index in [1.54, 1.807) is 13.0 Å². The molecule has 0 spiro atoms. The van der Waals surface area contributed by atoms with Crippen LogP contribution in [0.4, 0.5) is 4.39 Å². The van der Waals surface area contributed by atoms with Crippen LogP contribution in [0.25, 0.3) is 0 Å². The van der Waals surface area contributed by atoms with Crippen molar-refractivity contribution in [3.05, 3.63) is 59.9 Å². The van der Waals surface area contributed by atoms with Crippen molar-refractivity contribution < 1.29 is 21.2 Å². The van der Waals surface area contributed by atoms with Gasteiger partial charge in [0.25, 0.3) is 0 Å². The van der Waals surface area contributed by atoms with Gasteiger partial charge in [0.15, 0.2) is 0 Å². The molecule has 9 heteroatoms. The predicted octanol–water partition coefficient (Wildman–Crippen LogP) is 1.68. The van der Waals surface area contributed by atoms with Gasteiger partial charge in [0.05, 0.1) is 9.79 Å². The lowest BCUT2D eigenvalue weighted by Gasteiger charge is -2.20. The molecular formula is C15H17FN2O4S2. The molecule has 2 aromatic carbocycles. The molecule has 0 fully saturated rings. The molecule has 0 aliphatic carbocycles. The van der Waals surface area contributed by atoms with Crippen LogP contribution in [0.1, 0.15) is 12.5 Å². The van der Waals surface area contributed by atoms with Gasteiger partial charge in [0, 0.05) is 13.1 Å².